The summed E-state index contributed by atoms with van der Waals surface area (Å²) in [5.41, 5.74) is 5.37. The highest BCUT2D eigenvalue weighted by Crippen LogP contribution is 2.34. The first-order chi connectivity index (χ1) is 11.4. The fraction of sp³-hybridized carbons (Fsp3) is 0. The van der Waals surface area contributed by atoms with Gasteiger partial charge in [-0.05, 0) is 57.0 Å². The Bertz CT molecular complexity index is 1030. The molecule has 0 aromatic heterocycles. The van der Waals surface area contributed by atoms with Gasteiger partial charge in [-0.15, -0.1) is 0 Å². The van der Waals surface area contributed by atoms with E-state index in [2.05, 4.69) is 15.9 Å². The Morgan fingerprint density at radius 3 is 2.29 bits per heavy atom. The Morgan fingerprint density at radius 1 is 0.958 bits per heavy atom. The van der Waals surface area contributed by atoms with Gasteiger partial charge in [0.15, 0.2) is 5.75 Å². The largest absolute Gasteiger partial charge is 0.378 e. The molecule has 3 rings (SSSR count). The molecule has 0 heterocycles. The van der Waals surface area contributed by atoms with Crippen LogP contribution in [0.3, 0.4) is 0 Å². The van der Waals surface area contributed by atoms with Gasteiger partial charge in [0.25, 0.3) is 0 Å². The number of fused-ring (bicyclic) bond motifs is 1. The maximum Gasteiger partial charge on any atom is 0.339 e. The molecule has 0 bridgehead atoms. The van der Waals surface area contributed by atoms with Gasteiger partial charge in [0.2, 0.25) is 5.91 Å². The molecule has 3 aromatic carbocycles. The van der Waals surface area contributed by atoms with Crippen LogP contribution in [0.25, 0.3) is 10.8 Å². The summed E-state index contributed by atoms with van der Waals surface area (Å²) >= 11 is 3.39. The van der Waals surface area contributed by atoms with Crippen LogP contribution in [0, 0.1) is 0 Å². The predicted octanol–water partition coefficient (Wildman–Crippen LogP) is 3.47. The Labute approximate surface area is 147 Å². The molecule has 1 amide bonds. The predicted molar refractivity (Wildman–Crippen MR) is 94.4 cm³/mol. The van der Waals surface area contributed by atoms with Gasteiger partial charge in [0.05, 0.1) is 4.47 Å². The van der Waals surface area contributed by atoms with Crippen molar-refractivity contribution >= 4 is 42.7 Å². The van der Waals surface area contributed by atoms with Crippen LogP contribution in [0.15, 0.2) is 70.0 Å². The average molecular weight is 406 g/mol. The Morgan fingerprint density at radius 2 is 1.62 bits per heavy atom. The first-order valence-corrected chi connectivity index (χ1v) is 9.10. The number of hydrogen-bond donors (Lipinski definition) is 1. The van der Waals surface area contributed by atoms with Crippen molar-refractivity contribution in [2.75, 3.05) is 0 Å². The zero-order valence-corrected chi connectivity index (χ0v) is 14.7. The lowest BCUT2D eigenvalue weighted by atomic mass is 10.1. The van der Waals surface area contributed by atoms with Crippen LogP contribution in [0.1, 0.15) is 10.4 Å². The van der Waals surface area contributed by atoms with Gasteiger partial charge in [-0.2, -0.15) is 8.42 Å². The molecular formula is C17H12BrNO4S. The third-order valence-corrected chi connectivity index (χ3v) is 5.52. The maximum atomic E-state index is 12.4. The van der Waals surface area contributed by atoms with Crippen LogP contribution in [0.2, 0.25) is 0 Å². The van der Waals surface area contributed by atoms with E-state index in [1.165, 1.54) is 24.3 Å². The van der Waals surface area contributed by atoms with Crippen molar-refractivity contribution in [3.63, 3.8) is 0 Å². The highest BCUT2D eigenvalue weighted by atomic mass is 79.9. The normalized spacial score (nSPS) is 11.4. The highest BCUT2D eigenvalue weighted by molar-refractivity contribution is 9.10. The molecule has 0 radical (unpaired) electrons. The van der Waals surface area contributed by atoms with Gasteiger partial charge in [-0.25, -0.2) is 0 Å². The van der Waals surface area contributed by atoms with Gasteiger partial charge in [0.1, 0.15) is 4.90 Å². The summed E-state index contributed by atoms with van der Waals surface area (Å²) < 4.78 is 30.6. The van der Waals surface area contributed by atoms with Crippen LogP contribution >= 0.6 is 15.9 Å². The van der Waals surface area contributed by atoms with E-state index in [1.807, 2.05) is 24.3 Å². The fourth-order valence-electron chi connectivity index (χ4n) is 2.23. The molecular weight excluding hydrogens is 394 g/mol. The molecule has 3 aromatic rings. The lowest BCUT2D eigenvalue weighted by Crippen LogP contribution is -2.13. The van der Waals surface area contributed by atoms with E-state index in [0.717, 1.165) is 10.8 Å². The van der Waals surface area contributed by atoms with E-state index >= 15 is 0 Å². The average Bonchev–Trinajstić information content (AvgIpc) is 2.57. The van der Waals surface area contributed by atoms with Crippen molar-refractivity contribution in [3.8, 4) is 5.75 Å². The summed E-state index contributed by atoms with van der Waals surface area (Å²) in [6.07, 6.45) is 0. The number of amides is 1. The van der Waals surface area contributed by atoms with Crippen LogP contribution < -0.4 is 9.92 Å². The monoisotopic (exact) mass is 405 g/mol. The van der Waals surface area contributed by atoms with Crippen LogP contribution in [-0.2, 0) is 10.1 Å². The Kier molecular flexibility index (Phi) is 4.29. The summed E-state index contributed by atoms with van der Waals surface area (Å²) in [6.45, 7) is 0. The van der Waals surface area contributed by atoms with E-state index in [-0.39, 0.29) is 16.2 Å². The molecule has 122 valence electrons. The number of hydrogen-bond acceptors (Lipinski definition) is 4. The topological polar surface area (TPSA) is 86.5 Å². The first kappa shape index (κ1) is 16.5. The van der Waals surface area contributed by atoms with Crippen molar-refractivity contribution in [1.82, 2.24) is 0 Å². The lowest BCUT2D eigenvalue weighted by Gasteiger charge is -2.10. The molecule has 0 unspecified atom stereocenters. The molecule has 0 fully saturated rings. The van der Waals surface area contributed by atoms with Crippen LogP contribution in [0.4, 0.5) is 0 Å². The number of carbonyl (C=O) groups is 1. The van der Waals surface area contributed by atoms with Crippen molar-refractivity contribution in [3.05, 3.63) is 70.7 Å². The number of nitrogens with two attached hydrogens (primary N) is 1. The van der Waals surface area contributed by atoms with E-state index in [9.17, 15) is 13.2 Å². The van der Waals surface area contributed by atoms with Gasteiger partial charge in [0, 0.05) is 5.56 Å². The van der Waals surface area contributed by atoms with Crippen LogP contribution in [-0.4, -0.2) is 14.3 Å². The zero-order chi connectivity index (χ0) is 17.3. The number of rotatable bonds is 4. The standard InChI is InChI=1S/C17H12BrNO4S/c18-16-14-4-2-1-3-11(14)7-10-15(16)23-24(21,22)13-8-5-12(6-9-13)17(19)20/h1-10H,(H2,19,20). The molecule has 2 N–H and O–H groups in total. The number of benzene rings is 3. The lowest BCUT2D eigenvalue weighted by molar-refractivity contribution is 0.1000. The van der Waals surface area contributed by atoms with Gasteiger partial charge >= 0.3 is 10.1 Å². The second-order valence-corrected chi connectivity index (χ2v) is 7.36. The summed E-state index contributed by atoms with van der Waals surface area (Å²) in [5, 5.41) is 1.80. The third kappa shape index (κ3) is 3.13. The van der Waals surface area contributed by atoms with Crippen molar-refractivity contribution < 1.29 is 17.4 Å². The third-order valence-electron chi connectivity index (χ3n) is 3.45. The van der Waals surface area contributed by atoms with E-state index < -0.39 is 16.0 Å². The smallest absolute Gasteiger partial charge is 0.339 e. The van der Waals surface area contributed by atoms with E-state index in [1.54, 1.807) is 12.1 Å². The molecule has 0 aliphatic heterocycles. The highest BCUT2D eigenvalue weighted by Gasteiger charge is 2.19. The summed E-state index contributed by atoms with van der Waals surface area (Å²) in [4.78, 5) is 11.0. The minimum atomic E-state index is -4.03. The second-order valence-electron chi connectivity index (χ2n) is 5.02. The minimum Gasteiger partial charge on any atom is -0.378 e. The van der Waals surface area contributed by atoms with Gasteiger partial charge < -0.3 is 9.92 Å². The molecule has 0 saturated heterocycles. The Hall–Kier alpha value is -2.38. The van der Waals surface area contributed by atoms with Crippen LogP contribution in [0.5, 0.6) is 5.75 Å². The molecule has 7 heteroatoms. The van der Waals surface area contributed by atoms with Crippen molar-refractivity contribution in [2.45, 2.75) is 4.90 Å². The SMILES string of the molecule is NC(=O)c1ccc(S(=O)(=O)Oc2ccc3ccccc3c2Br)cc1. The molecule has 0 aliphatic rings. The zero-order valence-electron chi connectivity index (χ0n) is 12.3. The minimum absolute atomic E-state index is 0.0624. The summed E-state index contributed by atoms with van der Waals surface area (Å²) in [6, 6.07) is 16.1. The van der Waals surface area contributed by atoms with E-state index in [0.29, 0.717) is 4.47 Å². The van der Waals surface area contributed by atoms with Gasteiger partial charge in [-0.1, -0.05) is 30.3 Å². The molecule has 0 aliphatic carbocycles. The summed E-state index contributed by atoms with van der Waals surface area (Å²) in [5.74, 6) is -0.440. The first-order valence-electron chi connectivity index (χ1n) is 6.90. The number of halogens is 1. The van der Waals surface area contributed by atoms with Gasteiger partial charge in [-0.3, -0.25) is 4.79 Å². The molecule has 5 nitrogen and oxygen atoms in total. The quantitative estimate of drug-likeness (QED) is 0.673. The fourth-order valence-corrected chi connectivity index (χ4v) is 3.85. The molecule has 0 atom stereocenters. The second kappa shape index (κ2) is 6.26. The maximum absolute atomic E-state index is 12.4. The number of primary amides is 1. The van der Waals surface area contributed by atoms with Crippen molar-refractivity contribution in [1.29, 1.82) is 0 Å². The molecule has 24 heavy (non-hydrogen) atoms. The summed E-state index contributed by atoms with van der Waals surface area (Å²) in [7, 11) is -4.03. The van der Waals surface area contributed by atoms with Crippen molar-refractivity contribution in [2.24, 2.45) is 5.73 Å². The molecule has 0 spiro atoms. The Balaban J connectivity index is 1.97. The number of carbonyl (C=O) groups excluding carboxylic acids is 1. The van der Waals surface area contributed by atoms with E-state index in [4.69, 9.17) is 9.92 Å². The molecule has 0 saturated carbocycles.